The lowest BCUT2D eigenvalue weighted by Gasteiger charge is -2.12. The Morgan fingerprint density at radius 3 is 2.78 bits per heavy atom. The summed E-state index contributed by atoms with van der Waals surface area (Å²) < 4.78 is 4.86. The number of carbonyl (C=O) groups is 1. The van der Waals surface area contributed by atoms with Crippen LogP contribution in [0.4, 0.5) is 0 Å². The number of nitrogens with one attached hydrogen (secondary N) is 1. The Morgan fingerprint density at radius 2 is 2.17 bits per heavy atom. The van der Waals surface area contributed by atoms with Gasteiger partial charge in [0.05, 0.1) is 5.69 Å². The molecule has 1 amide bonds. The van der Waals surface area contributed by atoms with Gasteiger partial charge >= 0.3 is 0 Å². The maximum atomic E-state index is 11.7. The van der Waals surface area contributed by atoms with Gasteiger partial charge in [-0.1, -0.05) is 35.5 Å². The van der Waals surface area contributed by atoms with Gasteiger partial charge in [0.1, 0.15) is 0 Å². The fourth-order valence-corrected chi connectivity index (χ4v) is 1.58. The van der Waals surface area contributed by atoms with Crippen molar-refractivity contribution in [2.45, 2.75) is 13.0 Å². The highest BCUT2D eigenvalue weighted by molar-refractivity contribution is 5.91. The standard InChI is InChI=1S/C13H15N3O2/c1-9-7-12(18-16-9)13(17)15-8-11(14)10-5-3-2-4-6-10/h2-7,11H,8,14H2,1H3,(H,15,17). The summed E-state index contributed by atoms with van der Waals surface area (Å²) in [5.74, 6) is -0.102. The Bertz CT molecular complexity index is 522. The number of aryl methyl sites for hydroxylation is 1. The SMILES string of the molecule is Cc1cc(C(=O)NCC(N)c2ccccc2)on1. The summed E-state index contributed by atoms with van der Waals surface area (Å²) >= 11 is 0. The van der Waals surface area contributed by atoms with Crippen LogP contribution in [-0.2, 0) is 0 Å². The molecule has 1 aromatic carbocycles. The Labute approximate surface area is 105 Å². The summed E-state index contributed by atoms with van der Waals surface area (Å²) in [7, 11) is 0. The molecule has 1 heterocycles. The maximum Gasteiger partial charge on any atom is 0.289 e. The Morgan fingerprint density at radius 1 is 1.44 bits per heavy atom. The molecule has 0 spiro atoms. The minimum absolute atomic E-state index is 0.202. The van der Waals surface area contributed by atoms with Crippen molar-refractivity contribution >= 4 is 5.91 Å². The lowest BCUT2D eigenvalue weighted by molar-refractivity contribution is 0.0914. The van der Waals surface area contributed by atoms with Gasteiger partial charge in [0.2, 0.25) is 5.76 Å². The van der Waals surface area contributed by atoms with Crippen molar-refractivity contribution in [2.75, 3.05) is 6.54 Å². The number of benzene rings is 1. The van der Waals surface area contributed by atoms with Crippen LogP contribution in [0.3, 0.4) is 0 Å². The number of hydrogen-bond acceptors (Lipinski definition) is 4. The van der Waals surface area contributed by atoms with Gasteiger partial charge in [0.25, 0.3) is 5.91 Å². The fourth-order valence-electron chi connectivity index (χ4n) is 1.58. The van der Waals surface area contributed by atoms with Crippen LogP contribution in [0.5, 0.6) is 0 Å². The van der Waals surface area contributed by atoms with Crippen molar-refractivity contribution < 1.29 is 9.32 Å². The lowest BCUT2D eigenvalue weighted by atomic mass is 10.1. The first-order valence-corrected chi connectivity index (χ1v) is 5.69. The largest absolute Gasteiger partial charge is 0.351 e. The molecule has 0 saturated carbocycles. The van der Waals surface area contributed by atoms with Gasteiger partial charge in [-0.2, -0.15) is 0 Å². The van der Waals surface area contributed by atoms with Crippen LogP contribution in [0.1, 0.15) is 27.9 Å². The summed E-state index contributed by atoms with van der Waals surface area (Å²) in [5, 5.41) is 6.37. The molecule has 5 heteroatoms. The number of amides is 1. The van der Waals surface area contributed by atoms with Crippen LogP contribution in [0.2, 0.25) is 0 Å². The van der Waals surface area contributed by atoms with Gasteiger partial charge in [-0.05, 0) is 12.5 Å². The molecule has 1 aromatic heterocycles. The molecule has 1 unspecified atom stereocenters. The number of carbonyl (C=O) groups excluding carboxylic acids is 1. The smallest absolute Gasteiger partial charge is 0.289 e. The molecule has 5 nitrogen and oxygen atoms in total. The van der Waals surface area contributed by atoms with Crippen LogP contribution in [0.25, 0.3) is 0 Å². The number of hydrogen-bond donors (Lipinski definition) is 2. The third kappa shape index (κ3) is 2.95. The molecule has 0 bridgehead atoms. The minimum Gasteiger partial charge on any atom is -0.351 e. The molecule has 18 heavy (non-hydrogen) atoms. The zero-order valence-corrected chi connectivity index (χ0v) is 10.1. The Balaban J connectivity index is 1.90. The van der Waals surface area contributed by atoms with E-state index < -0.39 is 0 Å². The highest BCUT2D eigenvalue weighted by Gasteiger charge is 2.13. The van der Waals surface area contributed by atoms with Crippen LogP contribution >= 0.6 is 0 Å². The van der Waals surface area contributed by atoms with Crippen molar-refractivity contribution in [3.05, 3.63) is 53.4 Å². The van der Waals surface area contributed by atoms with Gasteiger partial charge in [-0.25, -0.2) is 0 Å². The van der Waals surface area contributed by atoms with E-state index in [0.29, 0.717) is 12.2 Å². The fraction of sp³-hybridized carbons (Fsp3) is 0.231. The third-order valence-electron chi connectivity index (χ3n) is 2.56. The molecule has 0 fully saturated rings. The summed E-state index contributed by atoms with van der Waals surface area (Å²) in [4.78, 5) is 11.7. The molecule has 2 aromatic rings. The van der Waals surface area contributed by atoms with E-state index in [1.54, 1.807) is 13.0 Å². The van der Waals surface area contributed by atoms with Gasteiger partial charge < -0.3 is 15.6 Å². The molecule has 0 aliphatic carbocycles. The molecule has 0 aliphatic rings. The number of rotatable bonds is 4. The van der Waals surface area contributed by atoms with E-state index in [4.69, 9.17) is 10.3 Å². The van der Waals surface area contributed by atoms with Crippen molar-refractivity contribution in [3.63, 3.8) is 0 Å². The number of aromatic nitrogens is 1. The summed E-state index contributed by atoms with van der Waals surface area (Å²) in [5.41, 5.74) is 7.62. The van der Waals surface area contributed by atoms with Gasteiger partial charge in [-0.3, -0.25) is 4.79 Å². The molecule has 0 aliphatic heterocycles. The van der Waals surface area contributed by atoms with Gasteiger partial charge in [0, 0.05) is 18.7 Å². The zero-order chi connectivity index (χ0) is 13.0. The van der Waals surface area contributed by atoms with E-state index in [-0.39, 0.29) is 17.7 Å². The highest BCUT2D eigenvalue weighted by atomic mass is 16.5. The summed E-state index contributed by atoms with van der Waals surface area (Å²) in [6, 6.07) is 11.0. The van der Waals surface area contributed by atoms with Gasteiger partial charge in [0.15, 0.2) is 0 Å². The van der Waals surface area contributed by atoms with E-state index in [9.17, 15) is 4.79 Å². The molecule has 94 valence electrons. The molecular weight excluding hydrogens is 230 g/mol. The van der Waals surface area contributed by atoms with E-state index in [0.717, 1.165) is 5.56 Å². The van der Waals surface area contributed by atoms with E-state index in [1.165, 1.54) is 0 Å². The first-order valence-electron chi connectivity index (χ1n) is 5.69. The van der Waals surface area contributed by atoms with Gasteiger partial charge in [-0.15, -0.1) is 0 Å². The maximum absolute atomic E-state index is 11.7. The molecule has 2 rings (SSSR count). The average molecular weight is 245 g/mol. The zero-order valence-electron chi connectivity index (χ0n) is 10.1. The Hall–Kier alpha value is -2.14. The minimum atomic E-state index is -0.304. The lowest BCUT2D eigenvalue weighted by Crippen LogP contribution is -2.31. The number of nitrogens with two attached hydrogens (primary N) is 1. The topological polar surface area (TPSA) is 81.2 Å². The monoisotopic (exact) mass is 245 g/mol. The summed E-state index contributed by atoms with van der Waals surface area (Å²) in [6.07, 6.45) is 0. The summed E-state index contributed by atoms with van der Waals surface area (Å²) in [6.45, 7) is 2.11. The van der Waals surface area contributed by atoms with Crippen molar-refractivity contribution in [3.8, 4) is 0 Å². The predicted octanol–water partition coefficient (Wildman–Crippen LogP) is 1.41. The predicted molar refractivity (Wildman–Crippen MR) is 66.9 cm³/mol. The molecular formula is C13H15N3O2. The average Bonchev–Trinajstić information content (AvgIpc) is 2.83. The normalized spacial score (nSPS) is 12.1. The molecule has 1 atom stereocenters. The van der Waals surface area contributed by atoms with Crippen molar-refractivity contribution in [1.29, 1.82) is 0 Å². The van der Waals surface area contributed by atoms with Crippen LogP contribution < -0.4 is 11.1 Å². The number of nitrogens with zero attached hydrogens (tertiary/aromatic N) is 1. The third-order valence-corrected chi connectivity index (χ3v) is 2.56. The van der Waals surface area contributed by atoms with E-state index in [1.807, 2.05) is 30.3 Å². The first-order chi connectivity index (χ1) is 8.66. The Kier molecular flexibility index (Phi) is 3.74. The van der Waals surface area contributed by atoms with E-state index in [2.05, 4.69) is 10.5 Å². The van der Waals surface area contributed by atoms with E-state index >= 15 is 0 Å². The van der Waals surface area contributed by atoms with Crippen LogP contribution in [0.15, 0.2) is 40.9 Å². The second-order valence-electron chi connectivity index (χ2n) is 4.06. The molecule has 3 N–H and O–H groups in total. The second-order valence-corrected chi connectivity index (χ2v) is 4.06. The second kappa shape index (κ2) is 5.46. The molecule has 0 radical (unpaired) electrons. The van der Waals surface area contributed by atoms with Crippen LogP contribution in [-0.4, -0.2) is 17.6 Å². The highest BCUT2D eigenvalue weighted by Crippen LogP contribution is 2.08. The van der Waals surface area contributed by atoms with Crippen LogP contribution in [0, 0.1) is 6.92 Å². The first kappa shape index (κ1) is 12.3. The molecule has 0 saturated heterocycles. The quantitative estimate of drug-likeness (QED) is 0.853. The van der Waals surface area contributed by atoms with Crippen molar-refractivity contribution in [1.82, 2.24) is 10.5 Å². The van der Waals surface area contributed by atoms with Crippen molar-refractivity contribution in [2.24, 2.45) is 5.73 Å².